The van der Waals surface area contributed by atoms with Crippen LogP contribution in [0.2, 0.25) is 5.02 Å². The van der Waals surface area contributed by atoms with Crippen molar-refractivity contribution in [2.45, 2.75) is 27.2 Å². The van der Waals surface area contributed by atoms with Crippen molar-refractivity contribution >= 4 is 29.3 Å². The molecule has 1 N–H and O–H groups in total. The zero-order valence-electron chi connectivity index (χ0n) is 18.6. The Balaban J connectivity index is 1.77. The minimum Gasteiger partial charge on any atom is -0.462 e. The van der Waals surface area contributed by atoms with E-state index in [0.717, 1.165) is 16.8 Å². The van der Waals surface area contributed by atoms with Gasteiger partial charge in [0.1, 0.15) is 17.3 Å². The molecule has 8 heteroatoms. The lowest BCUT2D eigenvalue weighted by Gasteiger charge is -2.13. The topological polar surface area (TPSA) is 90.1 Å². The van der Waals surface area contributed by atoms with Gasteiger partial charge in [0.05, 0.1) is 6.61 Å². The number of ether oxygens (including phenoxy) is 1. The Morgan fingerprint density at radius 2 is 1.79 bits per heavy atom. The first-order valence-electron chi connectivity index (χ1n) is 10.5. The van der Waals surface area contributed by atoms with Crippen molar-refractivity contribution in [1.82, 2.24) is 15.1 Å². The molecule has 0 aliphatic rings. The highest BCUT2D eigenvalue weighted by atomic mass is 35.5. The Kier molecular flexibility index (Phi) is 6.70. The summed E-state index contributed by atoms with van der Waals surface area (Å²) >= 11 is 6.02. The SMILES string of the molecule is CCOC(=O)c1c(-c2ccc(Cl)cc2)noc1Nc1nc(C)nc(C)c1Cc1ccccc1. The van der Waals surface area contributed by atoms with Crippen LogP contribution < -0.4 is 5.32 Å². The van der Waals surface area contributed by atoms with Crippen molar-refractivity contribution in [3.8, 4) is 11.3 Å². The van der Waals surface area contributed by atoms with Gasteiger partial charge in [-0.3, -0.25) is 0 Å². The highest BCUT2D eigenvalue weighted by Gasteiger charge is 2.27. The molecule has 0 spiro atoms. The molecule has 33 heavy (non-hydrogen) atoms. The third kappa shape index (κ3) is 5.04. The average molecular weight is 463 g/mol. The predicted molar refractivity (Wildman–Crippen MR) is 127 cm³/mol. The highest BCUT2D eigenvalue weighted by Crippen LogP contribution is 2.33. The van der Waals surface area contributed by atoms with E-state index in [4.69, 9.17) is 20.9 Å². The molecule has 2 heterocycles. The van der Waals surface area contributed by atoms with Crippen LogP contribution in [0.25, 0.3) is 11.3 Å². The molecule has 0 atom stereocenters. The van der Waals surface area contributed by atoms with Crippen LogP contribution in [0.1, 0.15) is 39.9 Å². The van der Waals surface area contributed by atoms with Crippen LogP contribution in [0, 0.1) is 13.8 Å². The van der Waals surface area contributed by atoms with E-state index in [0.29, 0.717) is 34.3 Å². The van der Waals surface area contributed by atoms with Crippen molar-refractivity contribution in [3.63, 3.8) is 0 Å². The lowest BCUT2D eigenvalue weighted by atomic mass is 10.0. The molecule has 0 bridgehead atoms. The summed E-state index contributed by atoms with van der Waals surface area (Å²) in [5.41, 5.74) is 4.08. The number of nitrogens with one attached hydrogen (secondary N) is 1. The smallest absolute Gasteiger partial charge is 0.346 e. The van der Waals surface area contributed by atoms with Gasteiger partial charge in [-0.05, 0) is 38.5 Å². The Hall–Kier alpha value is -3.71. The van der Waals surface area contributed by atoms with Gasteiger partial charge in [-0.25, -0.2) is 14.8 Å². The van der Waals surface area contributed by atoms with E-state index < -0.39 is 5.97 Å². The highest BCUT2D eigenvalue weighted by molar-refractivity contribution is 6.30. The third-order valence-electron chi connectivity index (χ3n) is 5.07. The van der Waals surface area contributed by atoms with Crippen LogP contribution in [-0.4, -0.2) is 27.7 Å². The van der Waals surface area contributed by atoms with Gasteiger partial charge in [0.25, 0.3) is 0 Å². The lowest BCUT2D eigenvalue weighted by molar-refractivity contribution is 0.0528. The summed E-state index contributed by atoms with van der Waals surface area (Å²) in [6.07, 6.45) is 0.613. The minimum atomic E-state index is -0.543. The normalized spacial score (nSPS) is 10.8. The van der Waals surface area contributed by atoms with Crippen molar-refractivity contribution in [2.75, 3.05) is 11.9 Å². The molecule has 0 radical (unpaired) electrons. The van der Waals surface area contributed by atoms with Gasteiger partial charge in [-0.15, -0.1) is 0 Å². The first kappa shape index (κ1) is 22.5. The lowest BCUT2D eigenvalue weighted by Crippen LogP contribution is -2.10. The van der Waals surface area contributed by atoms with Gasteiger partial charge in [0.2, 0.25) is 5.88 Å². The van der Waals surface area contributed by atoms with E-state index in [1.54, 1.807) is 31.2 Å². The zero-order chi connectivity index (χ0) is 23.4. The van der Waals surface area contributed by atoms with Gasteiger partial charge in [-0.1, -0.05) is 59.2 Å². The maximum absolute atomic E-state index is 12.9. The second-order valence-corrected chi connectivity index (χ2v) is 7.87. The van der Waals surface area contributed by atoms with Crippen LogP contribution in [0.5, 0.6) is 0 Å². The summed E-state index contributed by atoms with van der Waals surface area (Å²) in [5, 5.41) is 7.91. The summed E-state index contributed by atoms with van der Waals surface area (Å²) in [4.78, 5) is 22.0. The van der Waals surface area contributed by atoms with Crippen LogP contribution >= 0.6 is 11.6 Å². The van der Waals surface area contributed by atoms with Gasteiger partial charge < -0.3 is 14.6 Å². The van der Waals surface area contributed by atoms with Crippen molar-refractivity contribution in [2.24, 2.45) is 0 Å². The van der Waals surface area contributed by atoms with Gasteiger partial charge in [0, 0.05) is 28.3 Å². The van der Waals surface area contributed by atoms with Crippen LogP contribution in [-0.2, 0) is 11.2 Å². The molecule has 0 unspecified atom stereocenters. The quantitative estimate of drug-likeness (QED) is 0.341. The van der Waals surface area contributed by atoms with Gasteiger partial charge in [-0.2, -0.15) is 0 Å². The molecule has 0 aliphatic carbocycles. The molecule has 7 nitrogen and oxygen atoms in total. The largest absolute Gasteiger partial charge is 0.462 e. The minimum absolute atomic E-state index is 0.158. The molecule has 168 valence electrons. The predicted octanol–water partition coefficient (Wildman–Crippen LogP) is 5.91. The molecule has 0 fully saturated rings. The first-order chi connectivity index (χ1) is 16.0. The molecular weight excluding hydrogens is 440 g/mol. The number of esters is 1. The van der Waals surface area contributed by atoms with E-state index in [1.165, 1.54) is 0 Å². The maximum Gasteiger partial charge on any atom is 0.346 e. The van der Waals surface area contributed by atoms with Gasteiger partial charge in [0.15, 0.2) is 5.56 Å². The number of carbonyl (C=O) groups excluding carboxylic acids is 1. The number of halogens is 1. The molecule has 2 aromatic heterocycles. The van der Waals surface area contributed by atoms with Crippen molar-refractivity contribution in [3.05, 3.63) is 87.8 Å². The van der Waals surface area contributed by atoms with E-state index in [1.807, 2.05) is 44.2 Å². The third-order valence-corrected chi connectivity index (χ3v) is 5.32. The van der Waals surface area contributed by atoms with E-state index in [9.17, 15) is 4.79 Å². The summed E-state index contributed by atoms with van der Waals surface area (Å²) in [6.45, 7) is 5.71. The zero-order valence-corrected chi connectivity index (χ0v) is 19.3. The second-order valence-electron chi connectivity index (χ2n) is 7.43. The number of hydrogen-bond acceptors (Lipinski definition) is 7. The number of rotatable bonds is 7. The van der Waals surface area contributed by atoms with Crippen LogP contribution in [0.3, 0.4) is 0 Å². The number of aryl methyl sites for hydroxylation is 2. The number of hydrogen-bond donors (Lipinski definition) is 1. The Morgan fingerprint density at radius 3 is 2.48 bits per heavy atom. The van der Waals surface area contributed by atoms with Crippen LogP contribution in [0.4, 0.5) is 11.7 Å². The maximum atomic E-state index is 12.9. The Labute approximate surface area is 196 Å². The molecule has 4 rings (SSSR count). The molecular formula is C25H23ClN4O3. The second kappa shape index (κ2) is 9.83. The van der Waals surface area contributed by atoms with E-state index >= 15 is 0 Å². The summed E-state index contributed by atoms with van der Waals surface area (Å²) in [6, 6.07) is 17.0. The molecule has 0 amide bonds. The van der Waals surface area contributed by atoms with E-state index in [-0.39, 0.29) is 18.1 Å². The number of benzene rings is 2. The van der Waals surface area contributed by atoms with Crippen molar-refractivity contribution in [1.29, 1.82) is 0 Å². The van der Waals surface area contributed by atoms with E-state index in [2.05, 4.69) is 20.4 Å². The fourth-order valence-electron chi connectivity index (χ4n) is 3.53. The number of nitrogens with zero attached hydrogens (tertiary/aromatic N) is 3. The standard InChI is InChI=1S/C25H23ClN4O3/c1-4-32-25(31)21-22(18-10-12-19(26)13-11-18)30-33-24(21)29-23-20(15(2)27-16(3)28-23)14-17-8-6-5-7-9-17/h5-13H,4,14H2,1-3H3,(H,27,28,29). The van der Waals surface area contributed by atoms with Crippen molar-refractivity contribution < 1.29 is 14.1 Å². The number of aromatic nitrogens is 3. The fourth-order valence-corrected chi connectivity index (χ4v) is 3.66. The molecule has 0 aliphatic heterocycles. The summed E-state index contributed by atoms with van der Waals surface area (Å²) in [5.74, 6) is 0.763. The average Bonchev–Trinajstić information content (AvgIpc) is 3.21. The Bertz CT molecular complexity index is 1270. The van der Waals surface area contributed by atoms with Crippen LogP contribution in [0.15, 0.2) is 59.1 Å². The molecule has 2 aromatic carbocycles. The van der Waals surface area contributed by atoms with Gasteiger partial charge >= 0.3 is 5.97 Å². The fraction of sp³-hybridized carbons (Fsp3) is 0.200. The Morgan fingerprint density at radius 1 is 1.06 bits per heavy atom. The number of carbonyl (C=O) groups is 1. The first-order valence-corrected chi connectivity index (χ1v) is 10.9. The molecule has 0 saturated heterocycles. The molecule has 0 saturated carbocycles. The molecule has 4 aromatic rings. The summed E-state index contributed by atoms with van der Waals surface area (Å²) < 4.78 is 10.9. The monoisotopic (exact) mass is 462 g/mol. The number of anilines is 2. The summed E-state index contributed by atoms with van der Waals surface area (Å²) in [7, 11) is 0.